The lowest BCUT2D eigenvalue weighted by molar-refractivity contribution is 0.0652. The van der Waals surface area contributed by atoms with Crippen molar-refractivity contribution in [3.8, 4) is 11.1 Å². The molecule has 1 amide bonds. The molecule has 0 bridgehead atoms. The van der Waals surface area contributed by atoms with E-state index in [0.29, 0.717) is 5.78 Å². The second-order valence-electron chi connectivity index (χ2n) is 9.55. The maximum Gasteiger partial charge on any atom is 0.253 e. The minimum absolute atomic E-state index is 0.0203. The number of aromatic nitrogens is 3. The number of anilines is 1. The largest absolute Gasteiger partial charge is 0.381 e. The summed E-state index contributed by atoms with van der Waals surface area (Å²) in [5.74, 6) is 0.836. The lowest BCUT2D eigenvalue weighted by Gasteiger charge is -2.30. The number of hydrogen-bond donors (Lipinski definition) is 1. The third-order valence-corrected chi connectivity index (χ3v) is 7.53. The first kappa shape index (κ1) is 19.5. The molecule has 7 rings (SSSR count). The van der Waals surface area contributed by atoms with E-state index in [2.05, 4.69) is 56.2 Å². The van der Waals surface area contributed by atoms with Crippen LogP contribution < -0.4 is 5.32 Å². The van der Waals surface area contributed by atoms with Crippen molar-refractivity contribution in [3.05, 3.63) is 89.5 Å². The number of nitrogens with zero attached hydrogens (tertiary/aromatic N) is 4. The quantitative estimate of drug-likeness (QED) is 0.490. The zero-order chi connectivity index (χ0) is 22.7. The molecule has 1 aliphatic carbocycles. The molecule has 6 nitrogen and oxygen atoms in total. The van der Waals surface area contributed by atoms with Crippen LogP contribution >= 0.6 is 0 Å². The van der Waals surface area contributed by atoms with Crippen LogP contribution in [0.3, 0.4) is 0 Å². The third-order valence-electron chi connectivity index (χ3n) is 7.53. The fourth-order valence-electron chi connectivity index (χ4n) is 5.22. The Labute approximate surface area is 198 Å². The number of rotatable bonds is 4. The van der Waals surface area contributed by atoms with Gasteiger partial charge in [0.15, 0.2) is 0 Å². The minimum Gasteiger partial charge on any atom is -0.381 e. The number of amides is 1. The first-order valence-corrected chi connectivity index (χ1v) is 12.0. The fourth-order valence-corrected chi connectivity index (χ4v) is 5.22. The predicted octanol–water partition coefficient (Wildman–Crippen LogP) is 4.76. The van der Waals surface area contributed by atoms with E-state index in [1.165, 1.54) is 22.5 Å². The highest BCUT2D eigenvalue weighted by Crippen LogP contribution is 2.54. The molecule has 1 saturated heterocycles. The van der Waals surface area contributed by atoms with Crippen molar-refractivity contribution in [1.29, 1.82) is 0 Å². The average Bonchev–Trinajstić information content (AvgIpc) is 3.55. The molecule has 1 saturated carbocycles. The molecule has 4 heterocycles. The van der Waals surface area contributed by atoms with E-state index < -0.39 is 0 Å². The summed E-state index contributed by atoms with van der Waals surface area (Å²) in [6.07, 6.45) is 13.7. The van der Waals surface area contributed by atoms with E-state index in [1.54, 1.807) is 0 Å². The zero-order valence-electron chi connectivity index (χ0n) is 18.9. The molecule has 2 fully saturated rings. The summed E-state index contributed by atoms with van der Waals surface area (Å²) in [7, 11) is 0. The van der Waals surface area contributed by atoms with Crippen molar-refractivity contribution in [2.45, 2.75) is 24.7 Å². The van der Waals surface area contributed by atoms with Crippen molar-refractivity contribution >= 4 is 23.4 Å². The molecular formula is C28H25N5O. The van der Waals surface area contributed by atoms with Gasteiger partial charge in [-0.1, -0.05) is 30.4 Å². The number of hydrogen-bond acceptors (Lipinski definition) is 4. The van der Waals surface area contributed by atoms with Crippen LogP contribution in [0.25, 0.3) is 23.0 Å². The molecule has 6 heteroatoms. The Kier molecular flexibility index (Phi) is 4.19. The van der Waals surface area contributed by atoms with Crippen LogP contribution in [0.5, 0.6) is 0 Å². The topological polar surface area (TPSA) is 62.5 Å². The summed E-state index contributed by atoms with van der Waals surface area (Å²) < 4.78 is 2.15. The molecular weight excluding hydrogens is 422 g/mol. The molecule has 2 aromatic heterocycles. The van der Waals surface area contributed by atoms with Crippen molar-refractivity contribution < 1.29 is 4.79 Å². The van der Waals surface area contributed by atoms with Crippen molar-refractivity contribution in [1.82, 2.24) is 19.3 Å². The van der Waals surface area contributed by atoms with Gasteiger partial charge in [-0.3, -0.25) is 9.20 Å². The summed E-state index contributed by atoms with van der Waals surface area (Å²) in [5.41, 5.74) is 7.75. The van der Waals surface area contributed by atoms with Crippen molar-refractivity contribution in [2.24, 2.45) is 0 Å². The molecule has 0 spiro atoms. The summed E-state index contributed by atoms with van der Waals surface area (Å²) >= 11 is 0. The number of benzene rings is 2. The van der Waals surface area contributed by atoms with Gasteiger partial charge in [0.2, 0.25) is 5.78 Å². The molecule has 0 unspecified atom stereocenters. The number of nitrogens with one attached hydrogen (secondary N) is 1. The Morgan fingerprint density at radius 3 is 2.56 bits per heavy atom. The van der Waals surface area contributed by atoms with Gasteiger partial charge in [0, 0.05) is 54.3 Å². The second-order valence-corrected chi connectivity index (χ2v) is 9.55. The van der Waals surface area contributed by atoms with Crippen LogP contribution in [-0.2, 0) is 5.41 Å². The van der Waals surface area contributed by atoms with E-state index in [1.807, 2.05) is 41.6 Å². The Bertz CT molecular complexity index is 1460. The van der Waals surface area contributed by atoms with Crippen LogP contribution in [0, 0.1) is 0 Å². The molecule has 0 radical (unpaired) electrons. The van der Waals surface area contributed by atoms with Crippen LogP contribution in [0.4, 0.5) is 5.69 Å². The van der Waals surface area contributed by atoms with E-state index in [0.717, 1.165) is 55.6 Å². The van der Waals surface area contributed by atoms with Crippen LogP contribution in [0.1, 0.15) is 46.4 Å². The van der Waals surface area contributed by atoms with E-state index in [9.17, 15) is 4.79 Å². The number of carbonyl (C=O) groups excluding carboxylic acids is 1. The highest BCUT2D eigenvalue weighted by atomic mass is 16.2. The Morgan fingerprint density at radius 2 is 1.79 bits per heavy atom. The highest BCUT2D eigenvalue weighted by Gasteiger charge is 2.48. The van der Waals surface area contributed by atoms with Gasteiger partial charge in [0.05, 0.1) is 11.9 Å². The lowest BCUT2D eigenvalue weighted by atomic mass is 9.90. The molecule has 2 aromatic carbocycles. The van der Waals surface area contributed by atoms with Gasteiger partial charge < -0.3 is 10.2 Å². The Hall–Kier alpha value is -3.93. The monoisotopic (exact) mass is 447 g/mol. The molecule has 3 aliphatic rings. The number of fused-ring (bicyclic) bond motifs is 2. The van der Waals surface area contributed by atoms with Gasteiger partial charge in [0.1, 0.15) is 0 Å². The van der Waals surface area contributed by atoms with Gasteiger partial charge in [0.25, 0.3) is 5.91 Å². The number of imidazole rings is 1. The normalized spacial score (nSPS) is 17.7. The summed E-state index contributed by atoms with van der Waals surface area (Å²) in [6, 6.07) is 14.6. The first-order chi connectivity index (χ1) is 16.7. The molecule has 168 valence electrons. The van der Waals surface area contributed by atoms with Crippen molar-refractivity contribution in [3.63, 3.8) is 0 Å². The maximum atomic E-state index is 12.5. The van der Waals surface area contributed by atoms with Crippen LogP contribution in [-0.4, -0.2) is 44.8 Å². The smallest absolute Gasteiger partial charge is 0.253 e. The molecule has 34 heavy (non-hydrogen) atoms. The standard InChI is InChI=1S/C28H25N5O/c34-26(32-13-2-14-32)20-6-4-19(5-7-20)22-16-30-27-31-17-25(33(27)18-22)28(10-11-28)23-8-9-24-21(15-23)3-1-12-29-24/h1,3-9,15-18,29H,2,10-14H2. The zero-order valence-corrected chi connectivity index (χ0v) is 18.9. The second kappa shape index (κ2) is 7.29. The predicted molar refractivity (Wildman–Crippen MR) is 133 cm³/mol. The SMILES string of the molecule is O=C(c1ccc(-c2cnc3ncc(C4(c5ccc6c(c5)C=CCN6)CC4)n3c2)cc1)N1CCC1. The van der Waals surface area contributed by atoms with Gasteiger partial charge in [-0.25, -0.2) is 9.97 Å². The van der Waals surface area contributed by atoms with Crippen LogP contribution in [0.15, 0.2) is 67.1 Å². The number of carbonyl (C=O) groups is 1. The lowest BCUT2D eigenvalue weighted by Crippen LogP contribution is -2.41. The van der Waals surface area contributed by atoms with Gasteiger partial charge in [-0.2, -0.15) is 0 Å². The molecule has 0 atom stereocenters. The van der Waals surface area contributed by atoms with E-state index >= 15 is 0 Å². The summed E-state index contributed by atoms with van der Waals surface area (Å²) in [5, 5.41) is 3.44. The Morgan fingerprint density at radius 1 is 0.971 bits per heavy atom. The van der Waals surface area contributed by atoms with Gasteiger partial charge in [-0.15, -0.1) is 0 Å². The highest BCUT2D eigenvalue weighted by molar-refractivity contribution is 5.95. The fraction of sp³-hybridized carbons (Fsp3) is 0.250. The summed E-state index contributed by atoms with van der Waals surface area (Å²) in [6.45, 7) is 2.61. The Balaban J connectivity index is 1.24. The minimum atomic E-state index is -0.0203. The number of likely N-dealkylation sites (tertiary alicyclic amines) is 1. The first-order valence-electron chi connectivity index (χ1n) is 12.0. The van der Waals surface area contributed by atoms with Crippen LogP contribution in [0.2, 0.25) is 0 Å². The average molecular weight is 448 g/mol. The van der Waals surface area contributed by atoms with Crippen molar-refractivity contribution in [2.75, 3.05) is 25.0 Å². The molecule has 1 N–H and O–H groups in total. The van der Waals surface area contributed by atoms with Gasteiger partial charge in [-0.05, 0) is 60.2 Å². The van der Waals surface area contributed by atoms with Gasteiger partial charge >= 0.3 is 0 Å². The molecule has 2 aliphatic heterocycles. The maximum absolute atomic E-state index is 12.5. The third kappa shape index (κ3) is 2.98. The van der Waals surface area contributed by atoms with E-state index in [4.69, 9.17) is 0 Å². The summed E-state index contributed by atoms with van der Waals surface area (Å²) in [4.78, 5) is 23.7. The van der Waals surface area contributed by atoms with E-state index in [-0.39, 0.29) is 11.3 Å². The molecule has 4 aromatic rings.